The van der Waals surface area contributed by atoms with Crippen molar-refractivity contribution in [3.63, 3.8) is 0 Å². The zero-order chi connectivity index (χ0) is 7.40. The number of hydrogen-bond donors (Lipinski definition) is 0. The van der Waals surface area contributed by atoms with Gasteiger partial charge in [-0.2, -0.15) is 0 Å². The van der Waals surface area contributed by atoms with Gasteiger partial charge in [-0.15, -0.1) is 0 Å². The molecule has 56 valence electrons. The van der Waals surface area contributed by atoms with E-state index in [1.807, 2.05) is 0 Å². The van der Waals surface area contributed by atoms with Crippen molar-refractivity contribution in [1.29, 1.82) is 0 Å². The van der Waals surface area contributed by atoms with Crippen LogP contribution in [0.4, 0.5) is 0 Å². The number of cyclic esters (lactones) is 1. The first-order valence-corrected chi connectivity index (χ1v) is 2.72. The normalized spacial score (nSPS) is 25.2. The van der Waals surface area contributed by atoms with Crippen LogP contribution in [-0.2, 0) is 23.8 Å². The Bertz CT molecular complexity index is 143. The third kappa shape index (κ3) is 1.44. The molecule has 0 bridgehead atoms. The molecule has 5 heteroatoms. The topological polar surface area (TPSA) is 61.8 Å². The van der Waals surface area contributed by atoms with Crippen LogP contribution >= 0.6 is 0 Å². The molecule has 1 atom stereocenters. The third-order valence-electron chi connectivity index (χ3n) is 0.968. The smallest absolute Gasteiger partial charge is 0.376 e. The van der Waals surface area contributed by atoms with Crippen molar-refractivity contribution in [2.45, 2.75) is 6.29 Å². The van der Waals surface area contributed by atoms with Gasteiger partial charge in [-0.1, -0.05) is 0 Å². The largest absolute Gasteiger partial charge is 0.459 e. The van der Waals surface area contributed by atoms with Crippen LogP contribution < -0.4 is 0 Å². The summed E-state index contributed by atoms with van der Waals surface area (Å²) in [5, 5.41) is 0. The van der Waals surface area contributed by atoms with Gasteiger partial charge < -0.3 is 14.2 Å². The van der Waals surface area contributed by atoms with Gasteiger partial charge in [0.15, 0.2) is 0 Å². The minimum atomic E-state index is -1.16. The molecule has 0 saturated carbocycles. The third-order valence-corrected chi connectivity index (χ3v) is 0.968. The first-order valence-electron chi connectivity index (χ1n) is 2.72. The van der Waals surface area contributed by atoms with Crippen molar-refractivity contribution in [2.75, 3.05) is 13.2 Å². The monoisotopic (exact) mass is 146 g/mol. The van der Waals surface area contributed by atoms with Gasteiger partial charge in [-0.25, -0.2) is 4.79 Å². The maximum Gasteiger partial charge on any atom is 0.376 e. The number of rotatable bonds is 2. The molecule has 0 amide bonds. The van der Waals surface area contributed by atoms with E-state index in [1.54, 1.807) is 0 Å². The van der Waals surface area contributed by atoms with Crippen LogP contribution in [0.25, 0.3) is 0 Å². The van der Waals surface area contributed by atoms with Crippen LogP contribution in [0.2, 0.25) is 0 Å². The van der Waals surface area contributed by atoms with E-state index in [-0.39, 0.29) is 19.7 Å². The van der Waals surface area contributed by atoms with Crippen LogP contribution in [0.15, 0.2) is 0 Å². The van der Waals surface area contributed by atoms with Crippen molar-refractivity contribution >= 4 is 12.4 Å². The van der Waals surface area contributed by atoms with Gasteiger partial charge in [-0.3, -0.25) is 4.79 Å². The van der Waals surface area contributed by atoms with E-state index in [0.29, 0.717) is 0 Å². The molecule has 0 aromatic carbocycles. The fourth-order valence-electron chi connectivity index (χ4n) is 0.579. The summed E-state index contributed by atoms with van der Waals surface area (Å²) in [4.78, 5) is 20.3. The van der Waals surface area contributed by atoms with Gasteiger partial charge in [-0.05, 0) is 0 Å². The van der Waals surface area contributed by atoms with Crippen LogP contribution in [0.3, 0.4) is 0 Å². The van der Waals surface area contributed by atoms with E-state index >= 15 is 0 Å². The SMILES string of the molecule is O=COC1OCCOC1=O. The van der Waals surface area contributed by atoms with Gasteiger partial charge in [0.2, 0.25) is 0 Å². The number of carbonyl (C=O) groups excluding carboxylic acids is 2. The molecule has 1 heterocycles. The summed E-state index contributed by atoms with van der Waals surface area (Å²) in [6.45, 7) is 0.638. The molecule has 0 N–H and O–H groups in total. The molecule has 1 saturated heterocycles. The molecular formula is C5H6O5. The van der Waals surface area contributed by atoms with Crippen LogP contribution in [-0.4, -0.2) is 31.9 Å². The minimum absolute atomic E-state index is 0.150. The Balaban J connectivity index is 2.39. The lowest BCUT2D eigenvalue weighted by atomic mass is 10.6. The van der Waals surface area contributed by atoms with Gasteiger partial charge in [0.05, 0.1) is 6.61 Å². The van der Waals surface area contributed by atoms with Crippen molar-refractivity contribution < 1.29 is 23.8 Å². The average molecular weight is 146 g/mol. The van der Waals surface area contributed by atoms with Crippen LogP contribution in [0.5, 0.6) is 0 Å². The van der Waals surface area contributed by atoms with Crippen molar-refractivity contribution in [3.8, 4) is 0 Å². The minimum Gasteiger partial charge on any atom is -0.459 e. The van der Waals surface area contributed by atoms with E-state index in [2.05, 4.69) is 9.47 Å². The molecule has 1 aliphatic heterocycles. The fourth-order valence-corrected chi connectivity index (χ4v) is 0.579. The summed E-state index contributed by atoms with van der Waals surface area (Å²) in [6.07, 6.45) is -1.16. The second-order valence-electron chi connectivity index (χ2n) is 1.60. The fraction of sp³-hybridized carbons (Fsp3) is 0.600. The van der Waals surface area contributed by atoms with Gasteiger partial charge in [0, 0.05) is 0 Å². The average Bonchev–Trinajstić information content (AvgIpc) is 1.94. The van der Waals surface area contributed by atoms with Crippen molar-refractivity contribution in [2.24, 2.45) is 0 Å². The standard InChI is InChI=1S/C5H6O5/c6-3-10-5-4(7)8-1-2-9-5/h3,5H,1-2H2. The van der Waals surface area contributed by atoms with Gasteiger partial charge >= 0.3 is 12.3 Å². The molecule has 0 aliphatic carbocycles. The molecule has 0 spiro atoms. The highest BCUT2D eigenvalue weighted by Gasteiger charge is 2.25. The molecule has 10 heavy (non-hydrogen) atoms. The zero-order valence-corrected chi connectivity index (χ0v) is 5.11. The van der Waals surface area contributed by atoms with Crippen LogP contribution in [0, 0.1) is 0 Å². The molecule has 1 aliphatic rings. The Morgan fingerprint density at radius 1 is 1.60 bits per heavy atom. The zero-order valence-electron chi connectivity index (χ0n) is 5.11. The number of ether oxygens (including phenoxy) is 3. The number of carbonyl (C=O) groups is 2. The molecule has 0 radical (unpaired) electrons. The van der Waals surface area contributed by atoms with E-state index in [1.165, 1.54) is 0 Å². The highest BCUT2D eigenvalue weighted by atomic mass is 16.7. The number of esters is 1. The summed E-state index contributed by atoms with van der Waals surface area (Å²) >= 11 is 0. The maximum absolute atomic E-state index is 10.6. The highest BCUT2D eigenvalue weighted by molar-refractivity contribution is 5.74. The Morgan fingerprint density at radius 2 is 2.40 bits per heavy atom. The van der Waals surface area contributed by atoms with Gasteiger partial charge in [0.1, 0.15) is 6.61 Å². The lowest BCUT2D eigenvalue weighted by Crippen LogP contribution is -2.35. The Labute approximate surface area is 56.9 Å². The predicted octanol–water partition coefficient (Wildman–Crippen LogP) is -0.941. The Kier molecular flexibility index (Phi) is 2.22. The van der Waals surface area contributed by atoms with E-state index in [4.69, 9.17) is 4.74 Å². The van der Waals surface area contributed by atoms with E-state index in [0.717, 1.165) is 0 Å². The quantitative estimate of drug-likeness (QED) is 0.371. The maximum atomic E-state index is 10.6. The first kappa shape index (κ1) is 7.01. The highest BCUT2D eigenvalue weighted by Crippen LogP contribution is 2.01. The molecule has 1 unspecified atom stereocenters. The van der Waals surface area contributed by atoms with Gasteiger partial charge in [0.25, 0.3) is 6.47 Å². The molecule has 0 aromatic heterocycles. The second-order valence-corrected chi connectivity index (χ2v) is 1.60. The molecule has 1 fully saturated rings. The van der Waals surface area contributed by atoms with Crippen LogP contribution in [0.1, 0.15) is 0 Å². The van der Waals surface area contributed by atoms with Crippen molar-refractivity contribution in [3.05, 3.63) is 0 Å². The molecular weight excluding hydrogens is 140 g/mol. The first-order chi connectivity index (χ1) is 4.84. The Hall–Kier alpha value is -1.10. The van der Waals surface area contributed by atoms with Crippen molar-refractivity contribution in [1.82, 2.24) is 0 Å². The molecule has 5 nitrogen and oxygen atoms in total. The Morgan fingerprint density at radius 3 is 3.00 bits per heavy atom. The lowest BCUT2D eigenvalue weighted by Gasteiger charge is -2.19. The summed E-state index contributed by atoms with van der Waals surface area (Å²) < 4.78 is 13.4. The predicted molar refractivity (Wildman–Crippen MR) is 27.8 cm³/mol. The summed E-state index contributed by atoms with van der Waals surface area (Å²) in [6, 6.07) is 0. The summed E-state index contributed by atoms with van der Waals surface area (Å²) in [7, 11) is 0. The summed E-state index contributed by atoms with van der Waals surface area (Å²) in [5.41, 5.74) is 0. The second kappa shape index (κ2) is 3.17. The van der Waals surface area contributed by atoms with E-state index < -0.39 is 12.3 Å². The lowest BCUT2D eigenvalue weighted by molar-refractivity contribution is -0.211. The molecule has 0 aromatic rings. The van der Waals surface area contributed by atoms with E-state index in [9.17, 15) is 9.59 Å². The number of hydrogen-bond acceptors (Lipinski definition) is 5. The molecule has 1 rings (SSSR count). The summed E-state index contributed by atoms with van der Waals surface area (Å²) in [5.74, 6) is -0.654.